The molecule has 3 nitrogen and oxygen atoms in total. The Bertz CT molecular complexity index is 319. The summed E-state index contributed by atoms with van der Waals surface area (Å²) in [5.74, 6) is -0.276. The molecule has 0 amide bonds. The van der Waals surface area contributed by atoms with Crippen molar-refractivity contribution in [2.24, 2.45) is 5.73 Å². The number of ether oxygens (including phenoxy) is 1. The predicted octanol–water partition coefficient (Wildman–Crippen LogP) is 1.81. The Labute approximate surface area is 90.2 Å². The molecule has 0 saturated carbocycles. The van der Waals surface area contributed by atoms with E-state index in [2.05, 4.69) is 11.7 Å². The second-order valence-electron chi connectivity index (χ2n) is 3.48. The number of carbonyl (C=O) groups is 1. The fraction of sp³-hybridized carbons (Fsp3) is 0.417. The Morgan fingerprint density at radius 2 is 2.00 bits per heavy atom. The molecule has 0 unspecified atom stereocenters. The molecule has 1 rings (SSSR count). The predicted molar refractivity (Wildman–Crippen MR) is 59.4 cm³/mol. The highest BCUT2D eigenvalue weighted by molar-refractivity contribution is 5.70. The van der Waals surface area contributed by atoms with E-state index in [4.69, 9.17) is 5.73 Å². The number of nitrogens with two attached hydrogens (primary N) is 1. The molecule has 1 aromatic carbocycles. The zero-order valence-electron chi connectivity index (χ0n) is 9.19. The summed E-state index contributed by atoms with van der Waals surface area (Å²) in [6.07, 6.45) is 1.23. The Morgan fingerprint density at radius 1 is 1.40 bits per heavy atom. The van der Waals surface area contributed by atoms with Crippen LogP contribution in [0.5, 0.6) is 0 Å². The molecular formula is C12H17NO2. The van der Waals surface area contributed by atoms with Gasteiger partial charge in [-0.1, -0.05) is 31.2 Å². The minimum atomic E-state index is -0.276. The summed E-state index contributed by atoms with van der Waals surface area (Å²) in [6, 6.07) is 7.72. The van der Waals surface area contributed by atoms with Gasteiger partial charge in [0.1, 0.15) is 0 Å². The number of esters is 1. The lowest BCUT2D eigenvalue weighted by atomic mass is 10.0. The van der Waals surface area contributed by atoms with Gasteiger partial charge in [-0.15, -0.1) is 0 Å². The van der Waals surface area contributed by atoms with E-state index in [1.54, 1.807) is 0 Å². The molecule has 0 bridgehead atoms. The minimum absolute atomic E-state index is 0.224. The molecule has 82 valence electrons. The van der Waals surface area contributed by atoms with E-state index in [0.717, 1.165) is 12.0 Å². The number of rotatable bonds is 4. The molecule has 0 saturated heterocycles. The molecule has 0 aromatic heterocycles. The molecular weight excluding hydrogens is 190 g/mol. The standard InChI is InChI=1S/C12H17NO2/c1-3-9-4-6-10(7-5-9)11(13)8-12(14)15-2/h4-7,11H,3,8,13H2,1-2H3/t11-/m0/s1. The zero-order chi connectivity index (χ0) is 11.3. The Balaban J connectivity index is 2.65. The highest BCUT2D eigenvalue weighted by atomic mass is 16.5. The van der Waals surface area contributed by atoms with Crippen molar-refractivity contribution >= 4 is 5.97 Å². The van der Waals surface area contributed by atoms with Crippen molar-refractivity contribution in [2.45, 2.75) is 25.8 Å². The summed E-state index contributed by atoms with van der Waals surface area (Å²) in [7, 11) is 1.37. The third kappa shape index (κ3) is 3.36. The van der Waals surface area contributed by atoms with Crippen LogP contribution in [0.25, 0.3) is 0 Å². The molecule has 3 heteroatoms. The smallest absolute Gasteiger partial charge is 0.307 e. The minimum Gasteiger partial charge on any atom is -0.469 e. The summed E-state index contributed by atoms with van der Waals surface area (Å²) >= 11 is 0. The SMILES string of the molecule is CCc1ccc([C@@H](N)CC(=O)OC)cc1. The van der Waals surface area contributed by atoms with Crippen LogP contribution in [0.4, 0.5) is 0 Å². The first-order valence-corrected chi connectivity index (χ1v) is 5.08. The van der Waals surface area contributed by atoms with Crippen molar-refractivity contribution in [3.63, 3.8) is 0 Å². The Morgan fingerprint density at radius 3 is 2.47 bits per heavy atom. The van der Waals surface area contributed by atoms with Crippen molar-refractivity contribution in [3.05, 3.63) is 35.4 Å². The van der Waals surface area contributed by atoms with Crippen LogP contribution >= 0.6 is 0 Å². The molecule has 1 aromatic rings. The molecule has 0 radical (unpaired) electrons. The summed E-state index contributed by atoms with van der Waals surface area (Å²) in [6.45, 7) is 2.10. The van der Waals surface area contributed by atoms with Gasteiger partial charge in [-0.05, 0) is 17.5 Å². The van der Waals surface area contributed by atoms with Crippen molar-refractivity contribution < 1.29 is 9.53 Å². The molecule has 0 heterocycles. The van der Waals surface area contributed by atoms with Crippen LogP contribution in [0.2, 0.25) is 0 Å². The van der Waals surface area contributed by atoms with E-state index >= 15 is 0 Å². The van der Waals surface area contributed by atoms with Crippen molar-refractivity contribution in [1.29, 1.82) is 0 Å². The first kappa shape index (κ1) is 11.7. The second-order valence-corrected chi connectivity index (χ2v) is 3.48. The Kier molecular flexibility index (Phi) is 4.31. The molecule has 1 atom stereocenters. The molecule has 0 aliphatic rings. The maximum Gasteiger partial charge on any atom is 0.307 e. The first-order valence-electron chi connectivity index (χ1n) is 5.08. The number of aryl methyl sites for hydroxylation is 1. The number of hydrogen-bond acceptors (Lipinski definition) is 3. The molecule has 0 aliphatic carbocycles. The van der Waals surface area contributed by atoms with E-state index in [1.807, 2.05) is 24.3 Å². The van der Waals surface area contributed by atoms with Gasteiger partial charge in [0.15, 0.2) is 0 Å². The maximum atomic E-state index is 11.0. The fourth-order valence-corrected chi connectivity index (χ4v) is 1.38. The average molecular weight is 207 g/mol. The van der Waals surface area contributed by atoms with Crippen LogP contribution in [0.1, 0.15) is 30.5 Å². The van der Waals surface area contributed by atoms with Gasteiger partial charge in [0.2, 0.25) is 0 Å². The average Bonchev–Trinajstić information content (AvgIpc) is 2.29. The van der Waals surface area contributed by atoms with Gasteiger partial charge in [0.25, 0.3) is 0 Å². The van der Waals surface area contributed by atoms with Gasteiger partial charge >= 0.3 is 5.97 Å². The van der Waals surface area contributed by atoms with Crippen LogP contribution in [0.15, 0.2) is 24.3 Å². The zero-order valence-corrected chi connectivity index (χ0v) is 9.19. The number of benzene rings is 1. The number of methoxy groups -OCH3 is 1. The largest absolute Gasteiger partial charge is 0.469 e. The van der Waals surface area contributed by atoms with Gasteiger partial charge in [-0.3, -0.25) is 4.79 Å². The lowest BCUT2D eigenvalue weighted by molar-refractivity contribution is -0.141. The van der Waals surface area contributed by atoms with Crippen molar-refractivity contribution in [2.75, 3.05) is 7.11 Å². The summed E-state index contributed by atoms with van der Waals surface area (Å²) in [5, 5.41) is 0. The summed E-state index contributed by atoms with van der Waals surface area (Å²) < 4.78 is 4.57. The number of hydrogen-bond donors (Lipinski definition) is 1. The summed E-state index contributed by atoms with van der Waals surface area (Å²) in [4.78, 5) is 11.0. The molecule has 0 aliphatic heterocycles. The summed E-state index contributed by atoms with van der Waals surface area (Å²) in [5.41, 5.74) is 8.10. The van der Waals surface area contributed by atoms with Crippen LogP contribution in [0, 0.1) is 0 Å². The highest BCUT2D eigenvalue weighted by Gasteiger charge is 2.11. The van der Waals surface area contributed by atoms with Crippen LogP contribution in [-0.2, 0) is 16.0 Å². The fourth-order valence-electron chi connectivity index (χ4n) is 1.38. The monoisotopic (exact) mass is 207 g/mol. The molecule has 0 spiro atoms. The molecule has 0 fully saturated rings. The van der Waals surface area contributed by atoms with Crippen molar-refractivity contribution in [1.82, 2.24) is 0 Å². The van der Waals surface area contributed by atoms with Gasteiger partial charge in [-0.2, -0.15) is 0 Å². The molecule has 15 heavy (non-hydrogen) atoms. The van der Waals surface area contributed by atoms with Gasteiger partial charge in [0.05, 0.1) is 13.5 Å². The van der Waals surface area contributed by atoms with Gasteiger partial charge < -0.3 is 10.5 Å². The third-order valence-corrected chi connectivity index (χ3v) is 2.43. The molecule has 2 N–H and O–H groups in total. The highest BCUT2D eigenvalue weighted by Crippen LogP contribution is 2.15. The van der Waals surface area contributed by atoms with Crippen LogP contribution in [-0.4, -0.2) is 13.1 Å². The topological polar surface area (TPSA) is 52.3 Å². The second kappa shape index (κ2) is 5.51. The van der Waals surface area contributed by atoms with Crippen LogP contribution < -0.4 is 5.73 Å². The Hall–Kier alpha value is -1.35. The normalized spacial score (nSPS) is 12.2. The maximum absolute atomic E-state index is 11.0. The van der Waals surface area contributed by atoms with Crippen LogP contribution in [0.3, 0.4) is 0 Å². The lowest BCUT2D eigenvalue weighted by Gasteiger charge is -2.10. The van der Waals surface area contributed by atoms with Gasteiger partial charge in [-0.25, -0.2) is 0 Å². The first-order chi connectivity index (χ1) is 7.17. The van der Waals surface area contributed by atoms with E-state index < -0.39 is 0 Å². The quantitative estimate of drug-likeness (QED) is 0.766. The third-order valence-electron chi connectivity index (χ3n) is 2.43. The van der Waals surface area contributed by atoms with E-state index in [9.17, 15) is 4.79 Å². The van der Waals surface area contributed by atoms with E-state index in [0.29, 0.717) is 0 Å². The van der Waals surface area contributed by atoms with E-state index in [1.165, 1.54) is 12.7 Å². The van der Waals surface area contributed by atoms with Crippen molar-refractivity contribution in [3.8, 4) is 0 Å². The van der Waals surface area contributed by atoms with Gasteiger partial charge in [0, 0.05) is 6.04 Å². The van der Waals surface area contributed by atoms with E-state index in [-0.39, 0.29) is 18.4 Å². The lowest BCUT2D eigenvalue weighted by Crippen LogP contribution is -2.16. The number of carbonyl (C=O) groups excluding carboxylic acids is 1.